The number of hydrogen-bond acceptors (Lipinski definition) is 5. The Kier molecular flexibility index (Phi) is 4.80. The molecule has 25 heavy (non-hydrogen) atoms. The summed E-state index contributed by atoms with van der Waals surface area (Å²) in [6.45, 7) is 9.62. The second-order valence-corrected chi connectivity index (χ2v) is 7.73. The smallest absolute Gasteiger partial charge is 0.274 e. The molecule has 4 rings (SSSR count). The first kappa shape index (κ1) is 17.0. The molecule has 1 aromatic heterocycles. The third kappa shape index (κ3) is 3.45. The van der Waals surface area contributed by atoms with Crippen LogP contribution in [0.4, 0.5) is 0 Å². The zero-order chi connectivity index (χ0) is 17.4. The molecule has 0 aliphatic carbocycles. The Labute approximate surface area is 149 Å². The predicted octanol–water partition coefficient (Wildman–Crippen LogP) is 0.769. The molecule has 0 aromatic carbocycles. The average Bonchev–Trinajstić information content (AvgIpc) is 3.20. The fourth-order valence-electron chi connectivity index (χ4n) is 4.56. The van der Waals surface area contributed by atoms with Crippen molar-refractivity contribution in [2.24, 2.45) is 0 Å². The van der Waals surface area contributed by atoms with E-state index in [2.05, 4.69) is 39.2 Å². The van der Waals surface area contributed by atoms with Gasteiger partial charge < -0.3 is 15.0 Å². The highest BCUT2D eigenvalue weighted by Crippen LogP contribution is 2.24. The number of H-pyrrole nitrogens is 1. The highest BCUT2D eigenvalue weighted by atomic mass is 16.5. The van der Waals surface area contributed by atoms with Crippen molar-refractivity contribution >= 4 is 5.91 Å². The summed E-state index contributed by atoms with van der Waals surface area (Å²) < 4.78 is 5.83. The van der Waals surface area contributed by atoms with Gasteiger partial charge in [0.15, 0.2) is 5.69 Å². The molecule has 2 N–H and O–H groups in total. The molecule has 7 nitrogen and oxygen atoms in total. The van der Waals surface area contributed by atoms with Crippen molar-refractivity contribution in [3.05, 3.63) is 17.0 Å². The first-order valence-corrected chi connectivity index (χ1v) is 9.57. The number of nitrogens with zero attached hydrogens (tertiary/aromatic N) is 3. The van der Waals surface area contributed by atoms with Gasteiger partial charge in [0.05, 0.1) is 12.2 Å². The minimum Gasteiger partial charge on any atom is -0.373 e. The maximum absolute atomic E-state index is 13.1. The molecular formula is C18H29N5O2. The zero-order valence-electron chi connectivity index (χ0n) is 15.3. The van der Waals surface area contributed by atoms with E-state index in [1.54, 1.807) is 0 Å². The van der Waals surface area contributed by atoms with Gasteiger partial charge in [-0.25, -0.2) is 0 Å². The molecule has 3 aliphatic heterocycles. The molecule has 1 aromatic rings. The molecule has 0 bridgehead atoms. The number of hydrogen-bond donors (Lipinski definition) is 2. The summed E-state index contributed by atoms with van der Waals surface area (Å²) in [5.74, 6) is 0.0954. The standard InChI is InChI=1S/C18H29N5O2/c1-12-9-22(10-13(2)25-12)11-14-4-3-7-23(14)18(24)17-15-8-19-6-5-16(15)20-21-17/h12-14,19H,3-11H2,1-2H3,(H,20,21). The molecule has 3 aliphatic rings. The van der Waals surface area contributed by atoms with Crippen LogP contribution in [0.1, 0.15) is 48.4 Å². The van der Waals surface area contributed by atoms with Crippen LogP contribution < -0.4 is 5.32 Å². The molecule has 1 amide bonds. The lowest BCUT2D eigenvalue weighted by Gasteiger charge is -2.38. The zero-order valence-corrected chi connectivity index (χ0v) is 15.3. The molecule has 0 spiro atoms. The number of likely N-dealkylation sites (tertiary alicyclic amines) is 1. The van der Waals surface area contributed by atoms with Gasteiger partial charge in [-0.05, 0) is 26.7 Å². The summed E-state index contributed by atoms with van der Waals surface area (Å²) >= 11 is 0. The summed E-state index contributed by atoms with van der Waals surface area (Å²) in [6, 6.07) is 0.286. The van der Waals surface area contributed by atoms with E-state index in [0.29, 0.717) is 5.69 Å². The Morgan fingerprint density at radius 2 is 2.12 bits per heavy atom. The van der Waals surface area contributed by atoms with Crippen molar-refractivity contribution < 1.29 is 9.53 Å². The van der Waals surface area contributed by atoms with Crippen LogP contribution in [0.15, 0.2) is 0 Å². The van der Waals surface area contributed by atoms with E-state index < -0.39 is 0 Å². The van der Waals surface area contributed by atoms with E-state index in [0.717, 1.165) is 69.8 Å². The largest absolute Gasteiger partial charge is 0.373 e. The second-order valence-electron chi connectivity index (χ2n) is 7.73. The second kappa shape index (κ2) is 7.05. The van der Waals surface area contributed by atoms with Crippen LogP contribution in [0.3, 0.4) is 0 Å². The van der Waals surface area contributed by atoms with E-state index >= 15 is 0 Å². The van der Waals surface area contributed by atoms with E-state index in [4.69, 9.17) is 4.74 Å². The number of amides is 1. The summed E-state index contributed by atoms with van der Waals surface area (Å²) in [5, 5.41) is 10.8. The molecule has 2 fully saturated rings. The van der Waals surface area contributed by atoms with Gasteiger partial charge in [-0.2, -0.15) is 5.10 Å². The Hall–Kier alpha value is -1.44. The third-order valence-corrected chi connectivity index (χ3v) is 5.61. The Bertz CT molecular complexity index is 621. The Morgan fingerprint density at radius 3 is 2.92 bits per heavy atom. The van der Waals surface area contributed by atoms with Gasteiger partial charge in [0.1, 0.15) is 0 Å². The molecule has 0 saturated carbocycles. The van der Waals surface area contributed by atoms with Crippen LogP contribution in [0, 0.1) is 0 Å². The normalized spacial score (nSPS) is 30.5. The number of ether oxygens (including phenoxy) is 1. The topological polar surface area (TPSA) is 73.5 Å². The fourth-order valence-corrected chi connectivity index (χ4v) is 4.56. The van der Waals surface area contributed by atoms with Crippen LogP contribution >= 0.6 is 0 Å². The first-order valence-electron chi connectivity index (χ1n) is 9.57. The van der Waals surface area contributed by atoms with E-state index in [-0.39, 0.29) is 24.2 Å². The van der Waals surface area contributed by atoms with Crippen molar-refractivity contribution in [3.8, 4) is 0 Å². The monoisotopic (exact) mass is 347 g/mol. The van der Waals surface area contributed by atoms with Gasteiger partial charge in [0.2, 0.25) is 0 Å². The molecular weight excluding hydrogens is 318 g/mol. The number of aromatic amines is 1. The van der Waals surface area contributed by atoms with E-state index in [9.17, 15) is 4.79 Å². The molecule has 7 heteroatoms. The molecule has 2 saturated heterocycles. The Morgan fingerprint density at radius 1 is 1.32 bits per heavy atom. The van der Waals surface area contributed by atoms with Gasteiger partial charge in [-0.3, -0.25) is 14.8 Å². The minimum absolute atomic E-state index is 0.0954. The summed E-state index contributed by atoms with van der Waals surface area (Å²) in [6.07, 6.45) is 3.60. The van der Waals surface area contributed by atoms with Crippen LogP contribution in [-0.2, 0) is 17.7 Å². The van der Waals surface area contributed by atoms with Gasteiger partial charge in [-0.15, -0.1) is 0 Å². The number of morpholine rings is 1. The van der Waals surface area contributed by atoms with Crippen LogP contribution in [-0.4, -0.2) is 76.9 Å². The van der Waals surface area contributed by atoms with Crippen molar-refractivity contribution in [1.29, 1.82) is 0 Å². The minimum atomic E-state index is 0.0954. The number of carbonyl (C=O) groups excluding carboxylic acids is 1. The lowest BCUT2D eigenvalue weighted by atomic mass is 10.1. The summed E-state index contributed by atoms with van der Waals surface area (Å²) in [7, 11) is 0. The van der Waals surface area contributed by atoms with Gasteiger partial charge >= 0.3 is 0 Å². The number of rotatable bonds is 3. The SMILES string of the molecule is CC1CN(CC2CCCN2C(=O)c2n[nH]c3c2CNCC3)CC(C)O1. The molecule has 4 heterocycles. The van der Waals surface area contributed by atoms with Crippen LogP contribution in [0.2, 0.25) is 0 Å². The highest BCUT2D eigenvalue weighted by molar-refractivity contribution is 5.94. The van der Waals surface area contributed by atoms with Gasteiger partial charge in [-0.1, -0.05) is 0 Å². The van der Waals surface area contributed by atoms with Gasteiger partial charge in [0, 0.05) is 63.0 Å². The number of carbonyl (C=O) groups is 1. The van der Waals surface area contributed by atoms with Crippen molar-refractivity contribution in [1.82, 2.24) is 25.3 Å². The van der Waals surface area contributed by atoms with Crippen molar-refractivity contribution in [3.63, 3.8) is 0 Å². The number of nitrogens with one attached hydrogen (secondary N) is 2. The van der Waals surface area contributed by atoms with Crippen molar-refractivity contribution in [2.75, 3.05) is 32.7 Å². The summed E-state index contributed by atoms with van der Waals surface area (Å²) in [4.78, 5) is 17.6. The number of aromatic nitrogens is 2. The molecule has 138 valence electrons. The van der Waals surface area contributed by atoms with Gasteiger partial charge in [0.25, 0.3) is 5.91 Å². The lowest BCUT2D eigenvalue weighted by molar-refractivity contribution is -0.0715. The molecule has 3 unspecified atom stereocenters. The Balaban J connectivity index is 1.46. The van der Waals surface area contributed by atoms with Crippen molar-refractivity contribution in [2.45, 2.75) is 57.9 Å². The maximum atomic E-state index is 13.1. The highest BCUT2D eigenvalue weighted by Gasteiger charge is 2.35. The van der Waals surface area contributed by atoms with Crippen LogP contribution in [0.5, 0.6) is 0 Å². The average molecular weight is 347 g/mol. The van der Waals surface area contributed by atoms with E-state index in [1.807, 2.05) is 0 Å². The fraction of sp³-hybridized carbons (Fsp3) is 0.778. The lowest BCUT2D eigenvalue weighted by Crippen LogP contribution is -2.51. The third-order valence-electron chi connectivity index (χ3n) is 5.61. The first-order chi connectivity index (χ1) is 12.1. The van der Waals surface area contributed by atoms with Crippen LogP contribution in [0.25, 0.3) is 0 Å². The molecule has 0 radical (unpaired) electrons. The molecule has 3 atom stereocenters. The quantitative estimate of drug-likeness (QED) is 0.845. The number of fused-ring (bicyclic) bond motifs is 1. The summed E-state index contributed by atoms with van der Waals surface area (Å²) in [5.41, 5.74) is 2.81. The van der Waals surface area contributed by atoms with E-state index in [1.165, 1.54) is 0 Å². The predicted molar refractivity (Wildman–Crippen MR) is 94.5 cm³/mol. The maximum Gasteiger partial charge on any atom is 0.274 e.